The van der Waals surface area contributed by atoms with Gasteiger partial charge in [0.2, 0.25) is 0 Å². The lowest BCUT2D eigenvalue weighted by molar-refractivity contribution is 0.565. The highest BCUT2D eigenvalue weighted by Gasteiger charge is 2.10. The van der Waals surface area contributed by atoms with Gasteiger partial charge < -0.3 is 5.43 Å². The van der Waals surface area contributed by atoms with Crippen LogP contribution in [0.3, 0.4) is 0 Å². The van der Waals surface area contributed by atoms with E-state index in [2.05, 4.69) is 15.6 Å². The second-order valence-corrected chi connectivity index (χ2v) is 2.19. The van der Waals surface area contributed by atoms with Crippen LogP contribution in [0.1, 0.15) is 6.04 Å². The Morgan fingerprint density at radius 3 is 3.20 bits per heavy atom. The Morgan fingerprint density at radius 2 is 2.60 bits per heavy atom. The van der Waals surface area contributed by atoms with E-state index in [-0.39, 0.29) is 0 Å². The Labute approximate surface area is 58.5 Å². The Morgan fingerprint density at radius 1 is 1.60 bits per heavy atom. The number of rotatable bonds is 1. The van der Waals surface area contributed by atoms with Crippen LogP contribution in [0.15, 0.2) is 23.6 Å². The molecule has 10 heavy (non-hydrogen) atoms. The molecule has 0 spiro atoms. The third kappa shape index (κ3) is 0.775. The van der Waals surface area contributed by atoms with Gasteiger partial charge in [-0.2, -0.15) is 10.2 Å². The maximum absolute atomic E-state index is 4.08. The first-order chi connectivity index (χ1) is 4.97. The van der Waals surface area contributed by atoms with Crippen LogP contribution in [-0.2, 0) is 0 Å². The molecule has 2 rings (SSSR count). The van der Waals surface area contributed by atoms with E-state index in [1.54, 1.807) is 6.20 Å². The first kappa shape index (κ1) is 5.46. The Kier molecular flexibility index (Phi) is 1.16. The first-order valence-electron chi connectivity index (χ1n) is 3.22. The molecule has 4 heteroatoms. The molecule has 1 N–H and O–H groups in total. The molecular weight excluding hydrogens is 128 g/mol. The second-order valence-electron chi connectivity index (χ2n) is 2.19. The lowest BCUT2D eigenvalue weighted by Gasteiger charge is -2.03. The first-order valence-corrected chi connectivity index (χ1v) is 3.22. The van der Waals surface area contributed by atoms with Gasteiger partial charge in [-0.05, 0) is 6.07 Å². The van der Waals surface area contributed by atoms with Gasteiger partial charge in [0.1, 0.15) is 6.04 Å². The fourth-order valence-electron chi connectivity index (χ4n) is 0.976. The van der Waals surface area contributed by atoms with Gasteiger partial charge in [0.05, 0.1) is 12.8 Å². The van der Waals surface area contributed by atoms with Gasteiger partial charge in [0, 0.05) is 12.4 Å². The van der Waals surface area contributed by atoms with Crippen molar-refractivity contribution in [1.29, 1.82) is 0 Å². The third-order valence-electron chi connectivity index (χ3n) is 1.50. The molecule has 0 aliphatic carbocycles. The second kappa shape index (κ2) is 2.13. The van der Waals surface area contributed by atoms with Crippen molar-refractivity contribution < 1.29 is 0 Å². The van der Waals surface area contributed by atoms with E-state index in [0.29, 0.717) is 6.04 Å². The van der Waals surface area contributed by atoms with Gasteiger partial charge >= 0.3 is 0 Å². The minimum Gasteiger partial charge on any atom is -0.308 e. The van der Waals surface area contributed by atoms with Crippen LogP contribution in [-0.4, -0.2) is 22.5 Å². The van der Waals surface area contributed by atoms with E-state index in [1.807, 2.05) is 23.2 Å². The summed E-state index contributed by atoms with van der Waals surface area (Å²) in [6.07, 6.45) is 5.56. The van der Waals surface area contributed by atoms with Crippen LogP contribution >= 0.6 is 0 Å². The fraction of sp³-hybridized carbons (Fsp3) is 0.333. The summed E-state index contributed by atoms with van der Waals surface area (Å²) in [6.45, 7) is 0.849. The molecule has 0 bridgehead atoms. The van der Waals surface area contributed by atoms with Crippen LogP contribution in [0.4, 0.5) is 0 Å². The van der Waals surface area contributed by atoms with E-state index in [4.69, 9.17) is 0 Å². The fourth-order valence-corrected chi connectivity index (χ4v) is 0.976. The number of hydrogen-bond acceptors (Lipinski definition) is 3. The van der Waals surface area contributed by atoms with E-state index >= 15 is 0 Å². The number of hydrogen-bond donors (Lipinski definition) is 1. The predicted molar refractivity (Wildman–Crippen MR) is 37.8 cm³/mol. The van der Waals surface area contributed by atoms with E-state index in [1.165, 1.54) is 0 Å². The minimum atomic E-state index is 0.301. The molecular formula is C6H8N4. The summed E-state index contributed by atoms with van der Waals surface area (Å²) in [5.74, 6) is 0. The van der Waals surface area contributed by atoms with Crippen LogP contribution in [0.5, 0.6) is 0 Å². The van der Waals surface area contributed by atoms with Crippen LogP contribution < -0.4 is 5.43 Å². The van der Waals surface area contributed by atoms with Gasteiger partial charge in [0.15, 0.2) is 0 Å². The molecule has 1 unspecified atom stereocenters. The van der Waals surface area contributed by atoms with E-state index in [0.717, 1.165) is 6.54 Å². The molecule has 2 heterocycles. The SMILES string of the molecule is C1=NNCC1n1cccn1. The monoisotopic (exact) mass is 136 g/mol. The van der Waals surface area contributed by atoms with Crippen molar-refractivity contribution in [3.05, 3.63) is 18.5 Å². The zero-order valence-corrected chi connectivity index (χ0v) is 5.44. The molecule has 0 saturated heterocycles. The largest absolute Gasteiger partial charge is 0.308 e. The molecule has 0 amide bonds. The number of hydrazone groups is 1. The maximum Gasteiger partial charge on any atom is 0.108 e. The molecule has 1 aliphatic rings. The molecule has 0 radical (unpaired) electrons. The van der Waals surface area contributed by atoms with Crippen molar-refractivity contribution >= 4 is 6.21 Å². The Balaban J connectivity index is 2.20. The Hall–Kier alpha value is -1.32. The zero-order chi connectivity index (χ0) is 6.81. The summed E-state index contributed by atoms with van der Waals surface area (Å²) >= 11 is 0. The molecule has 0 saturated carbocycles. The van der Waals surface area contributed by atoms with Crippen molar-refractivity contribution in [2.75, 3.05) is 6.54 Å². The third-order valence-corrected chi connectivity index (χ3v) is 1.50. The van der Waals surface area contributed by atoms with Gasteiger partial charge in [-0.15, -0.1) is 0 Å². The van der Waals surface area contributed by atoms with Gasteiger partial charge in [-0.3, -0.25) is 4.68 Å². The van der Waals surface area contributed by atoms with E-state index < -0.39 is 0 Å². The Bertz CT molecular complexity index is 226. The molecule has 0 fully saturated rings. The van der Waals surface area contributed by atoms with Crippen LogP contribution in [0.25, 0.3) is 0 Å². The standard InChI is InChI=1S/C6H8N4/c1-2-9-10(3-1)6-4-7-8-5-6/h1-4,6,8H,5H2. The van der Waals surface area contributed by atoms with Gasteiger partial charge in [0.25, 0.3) is 0 Å². The number of aromatic nitrogens is 2. The molecule has 4 nitrogen and oxygen atoms in total. The summed E-state index contributed by atoms with van der Waals surface area (Å²) in [5, 5.41) is 7.97. The lowest BCUT2D eigenvalue weighted by Crippen LogP contribution is -2.15. The van der Waals surface area contributed by atoms with Crippen molar-refractivity contribution in [2.45, 2.75) is 6.04 Å². The molecule has 1 aromatic heterocycles. The molecule has 52 valence electrons. The molecule has 1 atom stereocenters. The highest BCUT2D eigenvalue weighted by Crippen LogP contribution is 2.02. The summed E-state index contributed by atoms with van der Waals surface area (Å²) in [5.41, 5.74) is 2.87. The smallest absolute Gasteiger partial charge is 0.108 e. The van der Waals surface area contributed by atoms with Gasteiger partial charge in [-0.1, -0.05) is 0 Å². The summed E-state index contributed by atoms with van der Waals surface area (Å²) in [6, 6.07) is 2.21. The lowest BCUT2D eigenvalue weighted by atomic mass is 10.3. The van der Waals surface area contributed by atoms with Crippen molar-refractivity contribution in [2.24, 2.45) is 5.10 Å². The minimum absolute atomic E-state index is 0.301. The highest BCUT2D eigenvalue weighted by atomic mass is 15.4. The molecule has 1 aromatic rings. The van der Waals surface area contributed by atoms with Crippen molar-refractivity contribution in [1.82, 2.24) is 15.2 Å². The van der Waals surface area contributed by atoms with Crippen LogP contribution in [0.2, 0.25) is 0 Å². The van der Waals surface area contributed by atoms with Crippen molar-refractivity contribution in [3.8, 4) is 0 Å². The van der Waals surface area contributed by atoms with E-state index in [9.17, 15) is 0 Å². The highest BCUT2D eigenvalue weighted by molar-refractivity contribution is 5.64. The quantitative estimate of drug-likeness (QED) is 0.591. The number of nitrogens with zero attached hydrogens (tertiary/aromatic N) is 3. The topological polar surface area (TPSA) is 42.2 Å². The number of nitrogens with one attached hydrogen (secondary N) is 1. The van der Waals surface area contributed by atoms with Crippen molar-refractivity contribution in [3.63, 3.8) is 0 Å². The van der Waals surface area contributed by atoms with Crippen LogP contribution in [0, 0.1) is 0 Å². The average molecular weight is 136 g/mol. The zero-order valence-electron chi connectivity index (χ0n) is 5.44. The van der Waals surface area contributed by atoms with Gasteiger partial charge in [-0.25, -0.2) is 0 Å². The summed E-state index contributed by atoms with van der Waals surface area (Å²) in [4.78, 5) is 0. The predicted octanol–water partition coefficient (Wildman–Crippen LogP) is 0.0132. The maximum atomic E-state index is 4.08. The average Bonchev–Trinajstić information content (AvgIpc) is 2.59. The normalized spacial score (nSPS) is 23.0. The molecule has 1 aliphatic heterocycles. The summed E-state index contributed by atoms with van der Waals surface area (Å²) < 4.78 is 1.88. The molecule has 0 aromatic carbocycles. The summed E-state index contributed by atoms with van der Waals surface area (Å²) in [7, 11) is 0.